The van der Waals surface area contributed by atoms with Crippen molar-refractivity contribution >= 4 is 38.3 Å². The Labute approximate surface area is 198 Å². The van der Waals surface area contributed by atoms with Gasteiger partial charge in [0.15, 0.2) is 0 Å². The lowest BCUT2D eigenvalue weighted by molar-refractivity contribution is 0.413. The van der Waals surface area contributed by atoms with Crippen molar-refractivity contribution in [2.75, 3.05) is 11.8 Å². The molecule has 0 unspecified atom stereocenters. The van der Waals surface area contributed by atoms with E-state index in [1.54, 1.807) is 37.3 Å². The van der Waals surface area contributed by atoms with Gasteiger partial charge in [0.2, 0.25) is 0 Å². The normalized spacial score (nSPS) is 11.2. The number of methoxy groups -OCH3 is 1. The van der Waals surface area contributed by atoms with Crippen LogP contribution in [0.15, 0.2) is 63.0 Å². The van der Waals surface area contributed by atoms with E-state index in [2.05, 4.69) is 20.8 Å². The third kappa shape index (κ3) is 4.26. The minimum atomic E-state index is -4.05. The number of aromatic amines is 2. The lowest BCUT2D eigenvalue weighted by Crippen LogP contribution is -2.29. The van der Waals surface area contributed by atoms with Crippen LogP contribution in [0.4, 0.5) is 5.69 Å². The second-order valence-corrected chi connectivity index (χ2v) is 9.46. The van der Waals surface area contributed by atoms with Crippen molar-refractivity contribution < 1.29 is 13.2 Å². The summed E-state index contributed by atoms with van der Waals surface area (Å²) in [6.45, 7) is 1.57. The highest BCUT2D eigenvalue weighted by Crippen LogP contribution is 2.34. The molecule has 9 nitrogen and oxygen atoms in total. The zero-order valence-electron chi connectivity index (χ0n) is 17.9. The standard InChI is InChI=1S/C23H17ClN4O5S/c1-12-7-18-19(27-23(30)22(29)26-18)10-21(12)34(31,32)28-15-4-5-16(17(24)9-15)13-3-6-20(33-2)14(8-13)11-25/h3-10,28H,1-2H3,(H,26,29)(H,27,30). The van der Waals surface area contributed by atoms with Crippen LogP contribution in [-0.2, 0) is 10.0 Å². The van der Waals surface area contributed by atoms with E-state index >= 15 is 0 Å². The van der Waals surface area contributed by atoms with Gasteiger partial charge in [-0.3, -0.25) is 14.3 Å². The second kappa shape index (κ2) is 8.70. The van der Waals surface area contributed by atoms with Gasteiger partial charge in [-0.2, -0.15) is 5.26 Å². The molecule has 4 rings (SSSR count). The van der Waals surface area contributed by atoms with Crippen molar-refractivity contribution in [1.82, 2.24) is 9.97 Å². The minimum Gasteiger partial charge on any atom is -0.495 e. The molecule has 34 heavy (non-hydrogen) atoms. The van der Waals surface area contributed by atoms with E-state index in [-0.39, 0.29) is 21.1 Å². The summed E-state index contributed by atoms with van der Waals surface area (Å²) >= 11 is 6.43. The van der Waals surface area contributed by atoms with Crippen molar-refractivity contribution in [2.24, 2.45) is 0 Å². The molecule has 0 saturated carbocycles. The molecule has 0 radical (unpaired) electrons. The molecule has 0 saturated heterocycles. The maximum absolute atomic E-state index is 13.1. The number of rotatable bonds is 5. The first kappa shape index (κ1) is 23.1. The number of aryl methyl sites for hydroxylation is 1. The van der Waals surface area contributed by atoms with Crippen molar-refractivity contribution in [2.45, 2.75) is 11.8 Å². The summed E-state index contributed by atoms with van der Waals surface area (Å²) in [6.07, 6.45) is 0. The first-order chi connectivity index (χ1) is 16.1. The molecular weight excluding hydrogens is 480 g/mol. The molecule has 0 aliphatic rings. The second-order valence-electron chi connectivity index (χ2n) is 7.40. The molecule has 11 heteroatoms. The van der Waals surface area contributed by atoms with E-state index in [9.17, 15) is 23.3 Å². The zero-order valence-corrected chi connectivity index (χ0v) is 19.5. The van der Waals surface area contributed by atoms with Gasteiger partial charge in [-0.05, 0) is 54.4 Å². The van der Waals surface area contributed by atoms with E-state index in [0.29, 0.717) is 33.5 Å². The quantitative estimate of drug-likeness (QED) is 0.360. The SMILES string of the molecule is COc1ccc(-c2ccc(NS(=O)(=O)c3cc4[nH]c(=O)c(=O)[nH]c4cc3C)cc2Cl)cc1C#N. The molecule has 1 aromatic heterocycles. The van der Waals surface area contributed by atoms with E-state index in [1.165, 1.54) is 25.3 Å². The van der Waals surface area contributed by atoms with E-state index in [4.69, 9.17) is 16.3 Å². The van der Waals surface area contributed by atoms with Crippen molar-refractivity contribution in [3.63, 3.8) is 0 Å². The number of nitrogens with one attached hydrogen (secondary N) is 3. The third-order valence-electron chi connectivity index (χ3n) is 5.16. The molecule has 0 bridgehead atoms. The van der Waals surface area contributed by atoms with Crippen LogP contribution in [-0.4, -0.2) is 25.5 Å². The number of halogens is 1. The maximum atomic E-state index is 13.1. The highest BCUT2D eigenvalue weighted by atomic mass is 35.5. The summed E-state index contributed by atoms with van der Waals surface area (Å²) in [6, 6.07) is 14.5. The monoisotopic (exact) mass is 496 g/mol. The fourth-order valence-electron chi connectivity index (χ4n) is 3.53. The van der Waals surface area contributed by atoms with Gasteiger partial charge in [-0.25, -0.2) is 8.42 Å². The number of nitrogens with zero attached hydrogens (tertiary/aromatic N) is 1. The van der Waals surface area contributed by atoms with Crippen molar-refractivity contribution in [3.05, 3.63) is 85.4 Å². The summed E-state index contributed by atoms with van der Waals surface area (Å²) in [4.78, 5) is 27.9. The molecule has 0 amide bonds. The number of anilines is 1. The molecule has 0 aliphatic carbocycles. The number of sulfonamides is 1. The van der Waals surface area contributed by atoms with Gasteiger partial charge in [-0.1, -0.05) is 23.7 Å². The Bertz CT molecular complexity index is 1720. The zero-order chi connectivity index (χ0) is 24.6. The number of nitriles is 1. The van der Waals surface area contributed by atoms with Crippen molar-refractivity contribution in [1.29, 1.82) is 5.26 Å². The molecule has 3 aromatic carbocycles. The highest BCUT2D eigenvalue weighted by Gasteiger charge is 2.19. The van der Waals surface area contributed by atoms with Crippen LogP contribution in [0.25, 0.3) is 22.2 Å². The highest BCUT2D eigenvalue weighted by molar-refractivity contribution is 7.92. The average molecular weight is 497 g/mol. The lowest BCUT2D eigenvalue weighted by Gasteiger charge is -2.13. The van der Waals surface area contributed by atoms with Gasteiger partial charge >= 0.3 is 11.1 Å². The Balaban J connectivity index is 1.69. The Morgan fingerprint density at radius 3 is 2.29 bits per heavy atom. The van der Waals surface area contributed by atoms with Crippen LogP contribution in [0.2, 0.25) is 5.02 Å². The lowest BCUT2D eigenvalue weighted by atomic mass is 10.0. The molecule has 172 valence electrons. The predicted octanol–water partition coefficient (Wildman–Crippen LogP) is 3.53. The first-order valence-corrected chi connectivity index (χ1v) is 11.7. The van der Waals surface area contributed by atoms with Crippen molar-refractivity contribution in [3.8, 4) is 22.9 Å². The number of fused-ring (bicyclic) bond motifs is 1. The fraction of sp³-hybridized carbons (Fsp3) is 0.0870. The Morgan fingerprint density at radius 1 is 1.00 bits per heavy atom. The number of hydrogen-bond acceptors (Lipinski definition) is 6. The predicted molar refractivity (Wildman–Crippen MR) is 129 cm³/mol. The van der Waals surface area contributed by atoms with Gasteiger partial charge in [-0.15, -0.1) is 0 Å². The van der Waals surface area contributed by atoms with Crippen LogP contribution < -0.4 is 20.6 Å². The van der Waals surface area contributed by atoms with Crippen LogP contribution in [0, 0.1) is 18.3 Å². The smallest absolute Gasteiger partial charge is 0.314 e. The van der Waals surface area contributed by atoms with Crippen LogP contribution in [0.5, 0.6) is 5.75 Å². The third-order valence-corrected chi connectivity index (χ3v) is 7.00. The number of aromatic nitrogens is 2. The molecule has 0 spiro atoms. The molecule has 0 aliphatic heterocycles. The van der Waals surface area contributed by atoms with E-state index in [1.807, 2.05) is 0 Å². The molecule has 3 N–H and O–H groups in total. The minimum absolute atomic E-state index is 0.0725. The number of H-pyrrole nitrogens is 2. The molecule has 0 atom stereocenters. The average Bonchev–Trinajstić information content (AvgIpc) is 2.79. The Kier molecular flexibility index (Phi) is 5.91. The maximum Gasteiger partial charge on any atom is 0.314 e. The molecule has 4 aromatic rings. The van der Waals surface area contributed by atoms with Gasteiger partial charge in [0.05, 0.1) is 39.3 Å². The number of ether oxygens (including phenoxy) is 1. The van der Waals surface area contributed by atoms with Crippen LogP contribution in [0.3, 0.4) is 0 Å². The van der Waals surface area contributed by atoms with Gasteiger partial charge < -0.3 is 14.7 Å². The fourth-order valence-corrected chi connectivity index (χ4v) is 5.12. The first-order valence-electron chi connectivity index (χ1n) is 9.81. The van der Waals surface area contributed by atoms with Crippen LogP contribution in [0.1, 0.15) is 11.1 Å². The van der Waals surface area contributed by atoms with Gasteiger partial charge in [0, 0.05) is 5.56 Å². The molecular formula is C23H17ClN4O5S. The largest absolute Gasteiger partial charge is 0.495 e. The topological polar surface area (TPSA) is 145 Å². The Morgan fingerprint density at radius 2 is 1.68 bits per heavy atom. The summed E-state index contributed by atoms with van der Waals surface area (Å²) in [5.74, 6) is 0.433. The van der Waals surface area contributed by atoms with Crippen LogP contribution >= 0.6 is 11.6 Å². The van der Waals surface area contributed by atoms with E-state index in [0.717, 1.165) is 0 Å². The Hall–Kier alpha value is -4.07. The van der Waals surface area contributed by atoms with E-state index < -0.39 is 21.1 Å². The van der Waals surface area contributed by atoms with Gasteiger partial charge in [0.25, 0.3) is 10.0 Å². The summed E-state index contributed by atoms with van der Waals surface area (Å²) in [5.41, 5.74) is 0.979. The summed E-state index contributed by atoms with van der Waals surface area (Å²) in [7, 11) is -2.58. The number of hydrogen-bond donors (Lipinski definition) is 3. The summed E-state index contributed by atoms with van der Waals surface area (Å²) in [5, 5.41) is 9.58. The summed E-state index contributed by atoms with van der Waals surface area (Å²) < 4.78 is 33.8. The molecule has 0 fully saturated rings. The number of benzene rings is 3. The molecule has 1 heterocycles. The van der Waals surface area contributed by atoms with Gasteiger partial charge in [0.1, 0.15) is 11.8 Å².